The minimum atomic E-state index is -1.79. The molecule has 0 bridgehead atoms. The monoisotopic (exact) mass is 633 g/mol. The summed E-state index contributed by atoms with van der Waals surface area (Å²) in [4.78, 5) is 86.2. The molecular weight excluding hydrogens is 586 g/mol. The topological polar surface area (TPSA) is 313 Å². The van der Waals surface area contributed by atoms with E-state index < -0.39 is 103 Å². The largest absolute Gasteiger partial charge is 0.480 e. The minimum Gasteiger partial charge on any atom is -0.480 e. The second kappa shape index (κ2) is 19.4. The van der Waals surface area contributed by atoms with Crippen LogP contribution in [0.2, 0.25) is 0 Å². The van der Waals surface area contributed by atoms with Crippen molar-refractivity contribution in [1.29, 1.82) is 0 Å². The van der Waals surface area contributed by atoms with Gasteiger partial charge in [-0.2, -0.15) is 0 Å². The van der Waals surface area contributed by atoms with Crippen LogP contribution in [0.4, 0.5) is 0 Å². The fourth-order valence-electron chi connectivity index (χ4n) is 3.74. The predicted octanol–water partition coefficient (Wildman–Crippen LogP) is -4.84. The molecule has 0 heterocycles. The third-order valence-corrected chi connectivity index (χ3v) is 6.61. The highest BCUT2D eigenvalue weighted by Crippen LogP contribution is 2.09. The van der Waals surface area contributed by atoms with Crippen molar-refractivity contribution in [3.8, 4) is 0 Å². The van der Waals surface area contributed by atoms with Crippen molar-refractivity contribution >= 4 is 41.4 Å². The van der Waals surface area contributed by atoms with Crippen molar-refractivity contribution in [3.63, 3.8) is 0 Å². The van der Waals surface area contributed by atoms with Gasteiger partial charge in [0.05, 0.1) is 31.8 Å². The number of aliphatic carboxylic acids is 1. The first-order valence-corrected chi connectivity index (χ1v) is 14.1. The molecule has 0 saturated heterocycles. The third kappa shape index (κ3) is 13.6. The summed E-state index contributed by atoms with van der Waals surface area (Å²) in [6.07, 6.45) is -1.61. The summed E-state index contributed by atoms with van der Waals surface area (Å²) in [6.45, 7) is 6.32. The van der Waals surface area contributed by atoms with Crippen LogP contribution in [0.25, 0.3) is 0 Å². The molecule has 8 atom stereocenters. The summed E-state index contributed by atoms with van der Waals surface area (Å²) in [5.41, 5.74) is 10.9. The predicted molar refractivity (Wildman–Crippen MR) is 154 cm³/mol. The number of rotatable bonds is 20. The van der Waals surface area contributed by atoms with E-state index in [0.717, 1.165) is 6.92 Å². The highest BCUT2D eigenvalue weighted by Gasteiger charge is 2.34. The SMILES string of the molecule is CC[C@H](C)[C@H](N)C(=O)N[C@@H](CC(C)C)C(=O)N[C@@H](CO)C(=O)N[C@@H](CO)C(=O)N[C@H](C(=O)N[C@@H](CC(N)=O)C(=O)O)[C@@H](C)O. The van der Waals surface area contributed by atoms with Crippen LogP contribution in [0, 0.1) is 11.8 Å². The van der Waals surface area contributed by atoms with Crippen LogP contribution in [-0.2, 0) is 33.6 Å². The lowest BCUT2D eigenvalue weighted by atomic mass is 9.97. The average Bonchev–Trinajstić information content (AvgIpc) is 2.94. The van der Waals surface area contributed by atoms with Gasteiger partial charge in [0.25, 0.3) is 0 Å². The van der Waals surface area contributed by atoms with Crippen LogP contribution in [0.15, 0.2) is 0 Å². The molecule has 18 heteroatoms. The van der Waals surface area contributed by atoms with E-state index in [4.69, 9.17) is 11.5 Å². The molecule has 0 saturated carbocycles. The minimum absolute atomic E-state index is 0.0737. The zero-order chi connectivity index (χ0) is 34.3. The van der Waals surface area contributed by atoms with E-state index >= 15 is 0 Å². The number of carboxylic acids is 1. The summed E-state index contributed by atoms with van der Waals surface area (Å²) in [5, 5.41) is 49.6. The Morgan fingerprint density at radius 3 is 1.50 bits per heavy atom. The summed E-state index contributed by atoms with van der Waals surface area (Å²) in [5.74, 6) is -7.84. The molecule has 6 amide bonds. The number of nitrogens with one attached hydrogen (secondary N) is 5. The van der Waals surface area contributed by atoms with Crippen molar-refractivity contribution in [2.24, 2.45) is 23.3 Å². The molecule has 0 spiro atoms. The van der Waals surface area contributed by atoms with E-state index in [1.165, 1.54) is 0 Å². The summed E-state index contributed by atoms with van der Waals surface area (Å²) in [6, 6.07) is -8.97. The molecule has 44 heavy (non-hydrogen) atoms. The normalized spacial score (nSPS) is 16.6. The molecule has 0 fully saturated rings. The van der Waals surface area contributed by atoms with E-state index in [0.29, 0.717) is 6.42 Å². The number of nitrogens with two attached hydrogens (primary N) is 2. The number of aliphatic hydroxyl groups is 3. The lowest BCUT2D eigenvalue weighted by Gasteiger charge is -2.27. The van der Waals surface area contributed by atoms with Crippen LogP contribution in [0.5, 0.6) is 0 Å². The van der Waals surface area contributed by atoms with Gasteiger partial charge in [0.2, 0.25) is 35.4 Å². The standard InChI is InChI=1S/C26H47N7O11/c1-6-12(4)19(28)24(41)29-14(7-11(2)3)21(38)31-16(9-34)22(39)32-17(10-35)23(40)33-20(13(5)36)25(42)30-15(26(43)44)8-18(27)37/h11-17,19-20,34-36H,6-10,28H2,1-5H3,(H2,27,37)(H,29,41)(H,30,42)(H,31,38)(H,32,39)(H,33,40)(H,43,44)/t12-,13+,14-,15-,16-,17-,19-,20-/m0/s1. The van der Waals surface area contributed by atoms with Gasteiger partial charge in [-0.15, -0.1) is 0 Å². The third-order valence-electron chi connectivity index (χ3n) is 6.61. The molecular formula is C26H47N7O11. The number of carboxylic acid groups (broad SMARTS) is 1. The maximum absolute atomic E-state index is 13.0. The zero-order valence-electron chi connectivity index (χ0n) is 25.5. The van der Waals surface area contributed by atoms with Gasteiger partial charge < -0.3 is 58.5 Å². The molecule has 0 aromatic rings. The summed E-state index contributed by atoms with van der Waals surface area (Å²) >= 11 is 0. The molecule has 0 rings (SSSR count). The molecule has 0 aliphatic heterocycles. The molecule has 0 aliphatic carbocycles. The van der Waals surface area contributed by atoms with Crippen LogP contribution >= 0.6 is 0 Å². The van der Waals surface area contributed by atoms with Gasteiger partial charge in [0.15, 0.2) is 0 Å². The first-order chi connectivity index (χ1) is 20.4. The van der Waals surface area contributed by atoms with Crippen molar-refractivity contribution in [2.45, 2.75) is 96.2 Å². The lowest BCUT2D eigenvalue weighted by molar-refractivity contribution is -0.144. The van der Waals surface area contributed by atoms with Crippen LogP contribution < -0.4 is 38.1 Å². The number of hydrogen-bond acceptors (Lipinski definition) is 11. The highest BCUT2D eigenvalue weighted by molar-refractivity contribution is 5.97. The van der Waals surface area contributed by atoms with E-state index in [1.807, 2.05) is 12.2 Å². The maximum atomic E-state index is 13.0. The zero-order valence-corrected chi connectivity index (χ0v) is 25.5. The van der Waals surface area contributed by atoms with Gasteiger partial charge in [-0.25, -0.2) is 4.79 Å². The first-order valence-electron chi connectivity index (χ1n) is 14.1. The number of amides is 6. The van der Waals surface area contributed by atoms with Crippen LogP contribution in [0.3, 0.4) is 0 Å². The number of carbonyl (C=O) groups excluding carboxylic acids is 6. The quantitative estimate of drug-likeness (QED) is 0.0601. The molecule has 0 radical (unpaired) electrons. The number of hydrogen-bond donors (Lipinski definition) is 11. The van der Waals surface area contributed by atoms with Crippen molar-refractivity contribution in [3.05, 3.63) is 0 Å². The van der Waals surface area contributed by atoms with Gasteiger partial charge in [0.1, 0.15) is 30.2 Å². The van der Waals surface area contributed by atoms with Crippen molar-refractivity contribution in [1.82, 2.24) is 26.6 Å². The second-order valence-electron chi connectivity index (χ2n) is 10.9. The van der Waals surface area contributed by atoms with Gasteiger partial charge >= 0.3 is 5.97 Å². The van der Waals surface area contributed by atoms with Gasteiger partial charge in [-0.1, -0.05) is 34.1 Å². The summed E-state index contributed by atoms with van der Waals surface area (Å²) in [7, 11) is 0. The van der Waals surface area contributed by atoms with E-state index in [-0.39, 0.29) is 18.3 Å². The van der Waals surface area contributed by atoms with Crippen LogP contribution in [-0.4, -0.2) is 117 Å². The first kappa shape index (κ1) is 40.1. The summed E-state index contributed by atoms with van der Waals surface area (Å²) < 4.78 is 0. The van der Waals surface area contributed by atoms with E-state index in [1.54, 1.807) is 20.8 Å². The Kier molecular flexibility index (Phi) is 17.7. The highest BCUT2D eigenvalue weighted by atomic mass is 16.4. The van der Waals surface area contributed by atoms with Gasteiger partial charge in [-0.3, -0.25) is 28.8 Å². The van der Waals surface area contributed by atoms with Gasteiger partial charge in [0, 0.05) is 0 Å². The Balaban J connectivity index is 5.62. The Morgan fingerprint density at radius 2 is 1.11 bits per heavy atom. The Hall–Kier alpha value is -3.87. The Bertz CT molecular complexity index is 1020. The smallest absolute Gasteiger partial charge is 0.326 e. The second-order valence-corrected chi connectivity index (χ2v) is 10.9. The fraction of sp³-hybridized carbons (Fsp3) is 0.731. The molecule has 0 unspecified atom stereocenters. The Morgan fingerprint density at radius 1 is 0.682 bits per heavy atom. The fourth-order valence-corrected chi connectivity index (χ4v) is 3.74. The molecule has 0 aromatic heterocycles. The number of carbonyl (C=O) groups is 7. The van der Waals surface area contributed by atoms with E-state index in [2.05, 4.69) is 21.3 Å². The number of primary amides is 1. The molecule has 252 valence electrons. The lowest BCUT2D eigenvalue weighted by Crippen LogP contribution is -2.62. The average molecular weight is 634 g/mol. The molecule has 0 aliphatic rings. The molecule has 13 N–H and O–H groups in total. The molecule has 0 aromatic carbocycles. The van der Waals surface area contributed by atoms with Gasteiger partial charge in [-0.05, 0) is 25.2 Å². The number of aliphatic hydroxyl groups excluding tert-OH is 3. The molecule has 18 nitrogen and oxygen atoms in total. The van der Waals surface area contributed by atoms with Crippen molar-refractivity contribution in [2.75, 3.05) is 13.2 Å². The van der Waals surface area contributed by atoms with Crippen molar-refractivity contribution < 1.29 is 54.0 Å². The van der Waals surface area contributed by atoms with E-state index in [9.17, 15) is 54.0 Å². The maximum Gasteiger partial charge on any atom is 0.326 e. The Labute approximate surface area is 255 Å². The van der Waals surface area contributed by atoms with Crippen LogP contribution in [0.1, 0.15) is 53.9 Å².